The van der Waals surface area contributed by atoms with Crippen molar-refractivity contribution in [2.24, 2.45) is 0 Å². The smallest absolute Gasteiger partial charge is 0.234 e. The molecule has 0 atom stereocenters. The summed E-state index contributed by atoms with van der Waals surface area (Å²) in [6.07, 6.45) is 3.24. The first-order chi connectivity index (χ1) is 14.4. The summed E-state index contributed by atoms with van der Waals surface area (Å²) in [6, 6.07) is 12.3. The summed E-state index contributed by atoms with van der Waals surface area (Å²) in [7, 11) is -3.61. The molecule has 1 aromatic heterocycles. The third-order valence-corrected chi connectivity index (χ3v) is 6.58. The number of aromatic hydroxyl groups is 1. The van der Waals surface area contributed by atoms with Crippen LogP contribution in [0.5, 0.6) is 5.75 Å². The van der Waals surface area contributed by atoms with Crippen molar-refractivity contribution < 1.29 is 13.5 Å². The summed E-state index contributed by atoms with van der Waals surface area (Å²) in [5.41, 5.74) is 2.85. The van der Waals surface area contributed by atoms with E-state index in [9.17, 15) is 13.5 Å². The van der Waals surface area contributed by atoms with E-state index < -0.39 is 10.0 Å². The van der Waals surface area contributed by atoms with Crippen molar-refractivity contribution in [3.63, 3.8) is 0 Å². The highest BCUT2D eigenvalue weighted by Gasteiger charge is 2.17. The maximum Gasteiger partial charge on any atom is 0.234 e. The molecular formula is C20H24N4O3S3. The molecule has 3 rings (SSSR count). The molecule has 2 aromatic carbocycles. The molecule has 30 heavy (non-hydrogen) atoms. The molecule has 0 aliphatic carbocycles. The summed E-state index contributed by atoms with van der Waals surface area (Å²) in [6.45, 7) is 0. The number of hydrogen-bond acceptors (Lipinski definition) is 8. The molecule has 0 amide bonds. The van der Waals surface area contributed by atoms with E-state index in [-0.39, 0.29) is 23.1 Å². The summed E-state index contributed by atoms with van der Waals surface area (Å²) in [5, 5.41) is 13.1. The average molecular weight is 465 g/mol. The van der Waals surface area contributed by atoms with Gasteiger partial charge in [0.05, 0.1) is 16.8 Å². The van der Waals surface area contributed by atoms with Gasteiger partial charge in [0.2, 0.25) is 10.0 Å². The second-order valence-electron chi connectivity index (χ2n) is 6.62. The van der Waals surface area contributed by atoms with E-state index in [0.717, 1.165) is 17.7 Å². The highest BCUT2D eigenvalue weighted by atomic mass is 32.2. The fourth-order valence-electron chi connectivity index (χ4n) is 2.85. The molecule has 160 valence electrons. The number of anilines is 3. The summed E-state index contributed by atoms with van der Waals surface area (Å²) in [5.74, 6) is 1.82. The Morgan fingerprint density at radius 3 is 2.47 bits per heavy atom. The lowest BCUT2D eigenvalue weighted by atomic mass is 10.1. The number of rotatable bonds is 10. The van der Waals surface area contributed by atoms with Gasteiger partial charge in [-0.25, -0.2) is 18.4 Å². The number of benzene rings is 2. The topological polar surface area (TPSA) is 104 Å². The predicted octanol–water partition coefficient (Wildman–Crippen LogP) is 4.05. The van der Waals surface area contributed by atoms with E-state index in [4.69, 9.17) is 0 Å². The van der Waals surface area contributed by atoms with Crippen molar-refractivity contribution in [3.05, 3.63) is 48.0 Å². The van der Waals surface area contributed by atoms with E-state index in [1.807, 2.05) is 30.5 Å². The lowest BCUT2D eigenvalue weighted by molar-refractivity contribution is 0.475. The Kier molecular flexibility index (Phi) is 7.68. The molecule has 0 aliphatic rings. The molecule has 3 N–H and O–H groups in total. The van der Waals surface area contributed by atoms with Crippen molar-refractivity contribution in [3.8, 4) is 5.75 Å². The third kappa shape index (κ3) is 5.93. The van der Waals surface area contributed by atoms with Crippen LogP contribution in [0.2, 0.25) is 0 Å². The minimum Gasteiger partial charge on any atom is -0.508 e. The minimum atomic E-state index is -3.61. The molecule has 0 spiro atoms. The van der Waals surface area contributed by atoms with Crippen LogP contribution in [0.3, 0.4) is 0 Å². The van der Waals surface area contributed by atoms with E-state index in [1.165, 1.54) is 0 Å². The van der Waals surface area contributed by atoms with Gasteiger partial charge in [-0.1, -0.05) is 18.2 Å². The molecule has 0 aliphatic heterocycles. The van der Waals surface area contributed by atoms with Crippen LogP contribution in [0.4, 0.5) is 17.3 Å². The highest BCUT2D eigenvalue weighted by Crippen LogP contribution is 2.30. The number of phenolic OH excluding ortho intramolecular Hbond substituents is 1. The fourth-order valence-corrected chi connectivity index (χ4v) is 4.71. The molecule has 1 heterocycles. The Morgan fingerprint density at radius 1 is 1.10 bits per heavy atom. The summed E-state index contributed by atoms with van der Waals surface area (Å²) in [4.78, 5) is 9.06. The van der Waals surface area contributed by atoms with E-state index >= 15 is 0 Å². The molecule has 7 nitrogen and oxygen atoms in total. The molecule has 0 saturated heterocycles. The first kappa shape index (κ1) is 22.5. The van der Waals surface area contributed by atoms with Gasteiger partial charge in [-0.05, 0) is 54.4 Å². The van der Waals surface area contributed by atoms with Crippen LogP contribution in [-0.4, -0.2) is 47.0 Å². The Labute approximate surface area is 186 Å². The Balaban J connectivity index is 2.03. The Morgan fingerprint density at radius 2 is 1.80 bits per heavy atom. The molecule has 0 unspecified atom stereocenters. The predicted molar refractivity (Wildman–Crippen MR) is 129 cm³/mol. The normalized spacial score (nSPS) is 11.5. The van der Waals surface area contributed by atoms with Gasteiger partial charge in [-0.2, -0.15) is 24.4 Å². The lowest BCUT2D eigenvalue weighted by Gasteiger charge is -2.16. The number of thiol groups is 1. The van der Waals surface area contributed by atoms with Gasteiger partial charge in [-0.3, -0.25) is 4.72 Å². The van der Waals surface area contributed by atoms with Crippen LogP contribution >= 0.6 is 24.4 Å². The third-order valence-electron chi connectivity index (χ3n) is 4.32. The van der Waals surface area contributed by atoms with E-state index in [0.29, 0.717) is 28.9 Å². The number of thioether (sulfide) groups is 1. The zero-order valence-corrected chi connectivity index (χ0v) is 19.0. The van der Waals surface area contributed by atoms with Crippen molar-refractivity contribution in [1.29, 1.82) is 0 Å². The van der Waals surface area contributed by atoms with Crippen LogP contribution in [0.15, 0.2) is 42.5 Å². The quantitative estimate of drug-likeness (QED) is 0.336. The number of para-hydroxylation sites is 2. The minimum absolute atomic E-state index is 0.0600. The number of aryl methyl sites for hydroxylation is 1. The summed E-state index contributed by atoms with van der Waals surface area (Å²) < 4.78 is 27.5. The van der Waals surface area contributed by atoms with Gasteiger partial charge >= 0.3 is 0 Å². The van der Waals surface area contributed by atoms with Crippen LogP contribution < -0.4 is 10.0 Å². The molecule has 0 radical (unpaired) electrons. The van der Waals surface area contributed by atoms with Crippen LogP contribution in [-0.2, 0) is 16.4 Å². The van der Waals surface area contributed by atoms with Gasteiger partial charge in [-0.15, -0.1) is 0 Å². The van der Waals surface area contributed by atoms with Gasteiger partial charge in [0, 0.05) is 11.8 Å². The highest BCUT2D eigenvalue weighted by molar-refractivity contribution is 7.98. The first-order valence-electron chi connectivity index (χ1n) is 9.38. The number of aromatic nitrogens is 2. The van der Waals surface area contributed by atoms with Gasteiger partial charge in [0.15, 0.2) is 11.6 Å². The molecule has 3 aromatic rings. The maximum atomic E-state index is 12.5. The van der Waals surface area contributed by atoms with Crippen molar-refractivity contribution >= 4 is 62.8 Å². The number of nitrogens with one attached hydrogen (secondary N) is 2. The van der Waals surface area contributed by atoms with E-state index in [1.54, 1.807) is 30.0 Å². The number of sulfonamides is 1. The molecule has 0 fully saturated rings. The van der Waals surface area contributed by atoms with Crippen molar-refractivity contribution in [2.75, 3.05) is 33.6 Å². The molecular weight excluding hydrogens is 440 g/mol. The van der Waals surface area contributed by atoms with Crippen molar-refractivity contribution in [2.45, 2.75) is 12.8 Å². The first-order valence-corrected chi connectivity index (χ1v) is 13.1. The SMILES string of the molecule is CSCCc1ccc(O)cc1Nc1nc2ccccc2nc1NS(=O)(=O)CCCS. The monoisotopic (exact) mass is 464 g/mol. The second kappa shape index (κ2) is 10.2. The maximum absolute atomic E-state index is 12.5. The van der Waals surface area contributed by atoms with Gasteiger partial charge < -0.3 is 10.4 Å². The zero-order chi connectivity index (χ0) is 21.6. The second-order valence-corrected chi connectivity index (χ2v) is 9.89. The number of nitrogens with zero attached hydrogens (tertiary/aromatic N) is 2. The molecule has 0 bridgehead atoms. The zero-order valence-electron chi connectivity index (χ0n) is 16.5. The van der Waals surface area contributed by atoms with Crippen LogP contribution in [0.25, 0.3) is 11.0 Å². The van der Waals surface area contributed by atoms with Crippen LogP contribution in [0, 0.1) is 0 Å². The lowest BCUT2D eigenvalue weighted by Crippen LogP contribution is -2.19. The van der Waals surface area contributed by atoms with Gasteiger partial charge in [0.25, 0.3) is 0 Å². The van der Waals surface area contributed by atoms with Crippen molar-refractivity contribution in [1.82, 2.24) is 9.97 Å². The molecule has 0 saturated carbocycles. The number of hydrogen-bond donors (Lipinski definition) is 4. The summed E-state index contributed by atoms with van der Waals surface area (Å²) >= 11 is 5.80. The number of phenols is 1. The standard InChI is InChI=1S/C20H24N4O3S3/c1-29-11-9-14-7-8-15(25)13-18(14)23-19-20(24-30(26,27)12-4-10-28)22-17-6-3-2-5-16(17)21-19/h2-3,5-8,13,25,28H,4,9-12H2,1H3,(H,21,23)(H,22,24). The molecule has 10 heteroatoms. The average Bonchev–Trinajstić information content (AvgIpc) is 2.72. The Hall–Kier alpha value is -2.17. The largest absolute Gasteiger partial charge is 0.508 e. The van der Waals surface area contributed by atoms with Crippen LogP contribution in [0.1, 0.15) is 12.0 Å². The van der Waals surface area contributed by atoms with Gasteiger partial charge in [0.1, 0.15) is 5.75 Å². The number of fused-ring (bicyclic) bond motifs is 1. The van der Waals surface area contributed by atoms with E-state index in [2.05, 4.69) is 32.6 Å². The fraction of sp³-hybridized carbons (Fsp3) is 0.300. The Bertz CT molecular complexity index is 1120.